The van der Waals surface area contributed by atoms with Gasteiger partial charge in [0, 0.05) is 12.5 Å². The Bertz CT molecular complexity index is 334. The number of primary amides is 1. The lowest BCUT2D eigenvalue weighted by Gasteiger charge is -2.13. The maximum Gasteiger partial charge on any atom is 0.303 e. The molecule has 14 heavy (non-hydrogen) atoms. The summed E-state index contributed by atoms with van der Waals surface area (Å²) in [5, 5.41) is 0. The van der Waals surface area contributed by atoms with Gasteiger partial charge in [0.15, 0.2) is 0 Å². The molecule has 0 radical (unpaired) electrons. The van der Waals surface area contributed by atoms with E-state index in [9.17, 15) is 9.59 Å². The van der Waals surface area contributed by atoms with Gasteiger partial charge in [-0.1, -0.05) is 30.3 Å². The molecule has 0 heterocycles. The first-order valence-corrected chi connectivity index (χ1v) is 4.12. The lowest BCUT2D eigenvalue weighted by atomic mass is 10.1. The van der Waals surface area contributed by atoms with E-state index >= 15 is 0 Å². The van der Waals surface area contributed by atoms with Crippen LogP contribution >= 0.6 is 0 Å². The van der Waals surface area contributed by atoms with Gasteiger partial charge in [-0.3, -0.25) is 9.59 Å². The van der Waals surface area contributed by atoms with E-state index in [1.807, 2.05) is 0 Å². The van der Waals surface area contributed by atoms with Gasteiger partial charge in [0.1, 0.15) is 0 Å². The average Bonchev–Trinajstić information content (AvgIpc) is 2.15. The predicted octanol–water partition coefficient (Wildman–Crippen LogP) is 0.776. The second-order valence-corrected chi connectivity index (χ2v) is 2.80. The van der Waals surface area contributed by atoms with Crippen molar-refractivity contribution in [1.29, 1.82) is 0 Å². The topological polar surface area (TPSA) is 69.4 Å². The first-order chi connectivity index (χ1) is 6.61. The third-order valence-electron chi connectivity index (χ3n) is 1.64. The van der Waals surface area contributed by atoms with Crippen LogP contribution in [0.2, 0.25) is 0 Å². The molecule has 4 nitrogen and oxygen atoms in total. The van der Waals surface area contributed by atoms with Crippen molar-refractivity contribution >= 4 is 11.9 Å². The molecule has 0 unspecified atom stereocenters. The van der Waals surface area contributed by atoms with Crippen LogP contribution in [-0.4, -0.2) is 11.9 Å². The van der Waals surface area contributed by atoms with Crippen LogP contribution in [0.25, 0.3) is 0 Å². The molecule has 0 aliphatic heterocycles. The molecule has 0 saturated carbocycles. The zero-order chi connectivity index (χ0) is 10.6. The number of rotatable bonds is 3. The van der Waals surface area contributed by atoms with Gasteiger partial charge in [0.25, 0.3) is 5.91 Å². The molecule has 0 saturated heterocycles. The molecule has 1 amide bonds. The van der Waals surface area contributed by atoms with Gasteiger partial charge in [-0.15, -0.1) is 0 Å². The molecule has 2 N–H and O–H groups in total. The van der Waals surface area contributed by atoms with E-state index in [-0.39, 0.29) is 0 Å². The van der Waals surface area contributed by atoms with Gasteiger partial charge in [-0.2, -0.15) is 0 Å². The Labute approximate surface area is 81.7 Å². The Morgan fingerprint density at radius 2 is 1.86 bits per heavy atom. The van der Waals surface area contributed by atoms with E-state index in [1.54, 1.807) is 30.3 Å². The van der Waals surface area contributed by atoms with Gasteiger partial charge >= 0.3 is 5.97 Å². The van der Waals surface area contributed by atoms with Gasteiger partial charge in [-0.05, 0) is 0 Å². The Kier molecular flexibility index (Phi) is 3.23. The molecule has 0 spiro atoms. The molecule has 0 fully saturated rings. The van der Waals surface area contributed by atoms with E-state index in [0.29, 0.717) is 5.56 Å². The van der Waals surface area contributed by atoms with Crippen LogP contribution in [-0.2, 0) is 14.3 Å². The second-order valence-electron chi connectivity index (χ2n) is 2.80. The Hall–Kier alpha value is -1.84. The SMILES string of the molecule is CC(=O)O[C@@H](C(N)=O)c1ccccc1. The van der Waals surface area contributed by atoms with Gasteiger partial charge in [0.2, 0.25) is 6.10 Å². The summed E-state index contributed by atoms with van der Waals surface area (Å²) in [7, 11) is 0. The number of nitrogens with two attached hydrogens (primary N) is 1. The third kappa shape index (κ3) is 2.58. The number of hydrogen-bond acceptors (Lipinski definition) is 3. The molecule has 1 atom stereocenters. The fraction of sp³-hybridized carbons (Fsp3) is 0.200. The largest absolute Gasteiger partial charge is 0.447 e. The standard InChI is InChI=1S/C10H11NO3/c1-7(12)14-9(10(11)13)8-5-3-2-4-6-8/h2-6,9H,1H3,(H2,11,13)/t9-/m1/s1. The minimum absolute atomic E-state index is 0.530. The van der Waals surface area contributed by atoms with Crippen molar-refractivity contribution in [3.05, 3.63) is 35.9 Å². The van der Waals surface area contributed by atoms with E-state index in [2.05, 4.69) is 0 Å². The number of benzene rings is 1. The van der Waals surface area contributed by atoms with Crippen LogP contribution < -0.4 is 5.73 Å². The number of carbonyl (C=O) groups is 2. The highest BCUT2D eigenvalue weighted by molar-refractivity contribution is 5.83. The lowest BCUT2D eigenvalue weighted by molar-refractivity contribution is -0.153. The molecule has 0 aliphatic carbocycles. The fourth-order valence-electron chi connectivity index (χ4n) is 1.08. The molecule has 0 bridgehead atoms. The Morgan fingerprint density at radius 1 is 1.29 bits per heavy atom. The van der Waals surface area contributed by atoms with Crippen molar-refractivity contribution in [2.45, 2.75) is 13.0 Å². The predicted molar refractivity (Wildman–Crippen MR) is 50.1 cm³/mol. The number of esters is 1. The molecule has 74 valence electrons. The van der Waals surface area contributed by atoms with Crippen molar-refractivity contribution in [1.82, 2.24) is 0 Å². The monoisotopic (exact) mass is 193 g/mol. The highest BCUT2D eigenvalue weighted by Crippen LogP contribution is 2.16. The summed E-state index contributed by atoms with van der Waals surface area (Å²) in [6.45, 7) is 1.23. The van der Waals surface area contributed by atoms with Crippen molar-refractivity contribution in [2.24, 2.45) is 5.73 Å². The fourth-order valence-corrected chi connectivity index (χ4v) is 1.08. The third-order valence-corrected chi connectivity index (χ3v) is 1.64. The second kappa shape index (κ2) is 4.41. The molecule has 1 aromatic carbocycles. The van der Waals surface area contributed by atoms with E-state index in [0.717, 1.165) is 0 Å². The Morgan fingerprint density at radius 3 is 2.29 bits per heavy atom. The minimum atomic E-state index is -0.992. The highest BCUT2D eigenvalue weighted by Gasteiger charge is 2.20. The summed E-state index contributed by atoms with van der Waals surface area (Å²) in [4.78, 5) is 21.7. The van der Waals surface area contributed by atoms with Gasteiger partial charge in [0.05, 0.1) is 0 Å². The Balaban J connectivity index is 2.89. The van der Waals surface area contributed by atoms with Gasteiger partial charge in [-0.25, -0.2) is 0 Å². The number of hydrogen-bond donors (Lipinski definition) is 1. The normalized spacial score (nSPS) is 11.8. The first-order valence-electron chi connectivity index (χ1n) is 4.12. The maximum absolute atomic E-state index is 11.0. The zero-order valence-electron chi connectivity index (χ0n) is 7.77. The first kappa shape index (κ1) is 10.2. The van der Waals surface area contributed by atoms with Crippen LogP contribution in [0.5, 0.6) is 0 Å². The zero-order valence-corrected chi connectivity index (χ0v) is 7.77. The summed E-state index contributed by atoms with van der Waals surface area (Å²) < 4.78 is 4.78. The minimum Gasteiger partial charge on any atom is -0.447 e. The van der Waals surface area contributed by atoms with Crippen LogP contribution in [0.15, 0.2) is 30.3 Å². The quantitative estimate of drug-likeness (QED) is 0.721. The lowest BCUT2D eigenvalue weighted by Crippen LogP contribution is -2.25. The molecule has 4 heteroatoms. The van der Waals surface area contributed by atoms with E-state index in [4.69, 9.17) is 10.5 Å². The van der Waals surface area contributed by atoms with Crippen molar-refractivity contribution in [3.63, 3.8) is 0 Å². The van der Waals surface area contributed by atoms with Crippen LogP contribution in [0.4, 0.5) is 0 Å². The number of ether oxygens (including phenoxy) is 1. The van der Waals surface area contributed by atoms with Crippen LogP contribution in [0.3, 0.4) is 0 Å². The van der Waals surface area contributed by atoms with Gasteiger partial charge < -0.3 is 10.5 Å². The van der Waals surface area contributed by atoms with Crippen molar-refractivity contribution in [3.8, 4) is 0 Å². The smallest absolute Gasteiger partial charge is 0.303 e. The van der Waals surface area contributed by atoms with E-state index < -0.39 is 18.0 Å². The maximum atomic E-state index is 11.0. The summed E-state index contributed by atoms with van der Waals surface area (Å²) in [5.41, 5.74) is 5.68. The summed E-state index contributed by atoms with van der Waals surface area (Å²) in [6.07, 6.45) is -0.992. The molecule has 1 rings (SSSR count). The summed E-state index contributed by atoms with van der Waals surface area (Å²) in [6, 6.07) is 8.65. The summed E-state index contributed by atoms with van der Waals surface area (Å²) in [5.74, 6) is -1.20. The number of carbonyl (C=O) groups excluding carboxylic acids is 2. The average molecular weight is 193 g/mol. The van der Waals surface area contributed by atoms with Crippen LogP contribution in [0.1, 0.15) is 18.6 Å². The molecular formula is C10H11NO3. The van der Waals surface area contributed by atoms with Crippen LogP contribution in [0, 0.1) is 0 Å². The number of amides is 1. The van der Waals surface area contributed by atoms with E-state index in [1.165, 1.54) is 6.92 Å². The molecular weight excluding hydrogens is 182 g/mol. The molecule has 0 aromatic heterocycles. The summed E-state index contributed by atoms with van der Waals surface area (Å²) >= 11 is 0. The van der Waals surface area contributed by atoms with Crippen molar-refractivity contribution in [2.75, 3.05) is 0 Å². The molecule has 1 aromatic rings. The molecule has 0 aliphatic rings. The van der Waals surface area contributed by atoms with Crippen molar-refractivity contribution < 1.29 is 14.3 Å². The highest BCUT2D eigenvalue weighted by atomic mass is 16.5.